The van der Waals surface area contributed by atoms with Gasteiger partial charge in [0.2, 0.25) is 0 Å². The van der Waals surface area contributed by atoms with Crippen molar-refractivity contribution in [2.75, 3.05) is 0 Å². The van der Waals surface area contributed by atoms with E-state index in [2.05, 4.69) is 0 Å². The third-order valence-electron chi connectivity index (χ3n) is 2.23. The summed E-state index contributed by atoms with van der Waals surface area (Å²) < 4.78 is 0. The largest absolute Gasteiger partial charge is 2.00 e. The molecule has 0 fully saturated rings. The van der Waals surface area contributed by atoms with Crippen LogP contribution in [-0.2, 0) is 52.9 Å². The molecular weight excluding hydrogens is 520 g/mol. The molecule has 0 aliphatic carbocycles. The van der Waals surface area contributed by atoms with Crippen molar-refractivity contribution in [2.24, 2.45) is 0 Å². The molecule has 0 spiro atoms. The van der Waals surface area contributed by atoms with E-state index in [4.69, 9.17) is 35.5 Å². The molecule has 2 rings (SSSR count). The molecule has 0 aliphatic rings. The number of benzene rings is 2. The Morgan fingerprint density at radius 2 is 1.05 bits per heavy atom. The van der Waals surface area contributed by atoms with Crippen LogP contribution in [0, 0.1) is 0 Å². The summed E-state index contributed by atoms with van der Waals surface area (Å²) >= 11 is 9.49. The van der Waals surface area contributed by atoms with Gasteiger partial charge in [-0.3, -0.25) is 0 Å². The minimum Gasteiger partial charge on any atom is -1.00 e. The second-order valence-corrected chi connectivity index (χ2v) is 4.48. The second-order valence-electron chi connectivity index (χ2n) is 3.60. The van der Waals surface area contributed by atoms with Gasteiger partial charge in [-0.15, -0.1) is 0 Å². The molecule has 0 atom stereocenters. The van der Waals surface area contributed by atoms with E-state index in [1.165, 1.54) is 12.1 Å². The van der Waals surface area contributed by atoms with Gasteiger partial charge in [0.05, 0.1) is 0 Å². The number of rotatable bonds is 2. The zero-order valence-corrected chi connectivity index (χ0v) is 21.0. The molecule has 0 radical (unpaired) electrons. The van der Waals surface area contributed by atoms with Crippen LogP contribution in [0.2, 0.25) is 0 Å². The Bertz CT molecular complexity index is 588. The van der Waals surface area contributed by atoms with Crippen LogP contribution < -0.4 is 29.6 Å². The van der Waals surface area contributed by atoms with Crippen LogP contribution in [-0.4, -0.2) is 22.2 Å². The molecule has 22 heavy (non-hydrogen) atoms. The standard InChI is InChI=1S/2C7H6O2S.Hg.Na.H/c2*8-7(9)5-3-1-2-4-6(5)10;;;/h2*1-4,10H,(H,8,9);;;/q;;+2;+1;-1/p-2. The number of aromatic carboxylic acids is 2. The van der Waals surface area contributed by atoms with Crippen LogP contribution >= 0.6 is 0 Å². The summed E-state index contributed by atoms with van der Waals surface area (Å²) in [6.45, 7) is 0. The zero-order chi connectivity index (χ0) is 15.1. The van der Waals surface area contributed by atoms with Crippen molar-refractivity contribution < 1.29 is 78.5 Å². The molecular formula is C14H11HgNaO4S2. The van der Waals surface area contributed by atoms with Gasteiger partial charge in [-0.25, -0.2) is 9.59 Å². The topological polar surface area (TPSA) is 74.6 Å². The van der Waals surface area contributed by atoms with Gasteiger partial charge in [-0.1, -0.05) is 36.4 Å². The first-order valence-electron chi connectivity index (χ1n) is 5.42. The van der Waals surface area contributed by atoms with Gasteiger partial charge in [-0.05, 0) is 12.1 Å². The summed E-state index contributed by atoms with van der Waals surface area (Å²) in [5.41, 5.74) is 0.384. The maximum absolute atomic E-state index is 10.4. The molecule has 8 heteroatoms. The first kappa shape index (κ1) is 24.0. The summed E-state index contributed by atoms with van der Waals surface area (Å²) in [4.78, 5) is 21.5. The summed E-state index contributed by atoms with van der Waals surface area (Å²) in [6.07, 6.45) is 0. The quantitative estimate of drug-likeness (QED) is 0.410. The molecule has 4 nitrogen and oxygen atoms in total. The fraction of sp³-hybridized carbons (Fsp3) is 0. The summed E-state index contributed by atoms with van der Waals surface area (Å²) in [5, 5.41) is 17.0. The van der Waals surface area contributed by atoms with Gasteiger partial charge in [0.25, 0.3) is 0 Å². The Labute approximate surface area is 183 Å². The normalized spacial score (nSPS) is 8.36. The molecule has 2 N–H and O–H groups in total. The van der Waals surface area contributed by atoms with Gasteiger partial charge < -0.3 is 36.9 Å². The molecule has 0 saturated carbocycles. The fourth-order valence-corrected chi connectivity index (χ4v) is 1.75. The molecule has 0 unspecified atom stereocenters. The molecule has 0 aromatic heterocycles. The molecule has 0 bridgehead atoms. The fourth-order valence-electron chi connectivity index (χ4n) is 1.29. The minimum absolute atomic E-state index is 0. The number of hydrogen-bond donors (Lipinski definition) is 2. The van der Waals surface area contributed by atoms with Crippen LogP contribution in [0.1, 0.15) is 22.1 Å². The molecule has 0 heterocycles. The maximum Gasteiger partial charge on any atom is 2.00 e. The third-order valence-corrected chi connectivity index (χ3v) is 2.95. The Morgan fingerprint density at radius 3 is 1.23 bits per heavy atom. The van der Waals surface area contributed by atoms with Gasteiger partial charge in [0, 0.05) is 11.1 Å². The van der Waals surface area contributed by atoms with E-state index < -0.39 is 11.9 Å². The SMILES string of the molecule is O=C(O)c1ccccc1[S-].O=C(O)c1ccccc1[S-].[H-].[Hg+2].[Na+]. The van der Waals surface area contributed by atoms with E-state index in [1.54, 1.807) is 36.4 Å². The second kappa shape index (κ2) is 12.2. The summed E-state index contributed by atoms with van der Waals surface area (Å²) in [5.74, 6) is -1.93. The first-order valence-corrected chi connectivity index (χ1v) is 6.23. The Morgan fingerprint density at radius 1 is 0.773 bits per heavy atom. The van der Waals surface area contributed by atoms with Crippen LogP contribution in [0.4, 0.5) is 0 Å². The minimum atomic E-state index is -0.967. The van der Waals surface area contributed by atoms with Crippen molar-refractivity contribution in [3.8, 4) is 0 Å². The Hall–Kier alpha value is -0.245. The van der Waals surface area contributed by atoms with Crippen molar-refractivity contribution in [3.63, 3.8) is 0 Å². The zero-order valence-electron chi connectivity index (χ0n) is 12.9. The van der Waals surface area contributed by atoms with Crippen molar-refractivity contribution in [3.05, 3.63) is 59.7 Å². The number of hydrogen-bond acceptors (Lipinski definition) is 4. The molecule has 0 saturated heterocycles. The predicted octanol–water partition coefficient (Wildman–Crippen LogP) is -0.305. The van der Waals surface area contributed by atoms with E-state index in [-0.39, 0.29) is 69.8 Å². The monoisotopic (exact) mass is 532 g/mol. The molecule has 106 valence electrons. The summed E-state index contributed by atoms with van der Waals surface area (Å²) in [7, 11) is 0. The van der Waals surface area contributed by atoms with E-state index in [0.29, 0.717) is 9.79 Å². The number of carbonyl (C=O) groups is 2. The molecule has 2 aromatic carbocycles. The first-order chi connectivity index (χ1) is 9.43. The van der Waals surface area contributed by atoms with Crippen molar-refractivity contribution in [1.82, 2.24) is 0 Å². The molecule has 0 amide bonds. The van der Waals surface area contributed by atoms with E-state index >= 15 is 0 Å². The van der Waals surface area contributed by atoms with Crippen LogP contribution in [0.5, 0.6) is 0 Å². The number of carboxylic acid groups (broad SMARTS) is 2. The average Bonchev–Trinajstić information content (AvgIpc) is 2.40. The van der Waals surface area contributed by atoms with Crippen LogP contribution in [0.3, 0.4) is 0 Å². The van der Waals surface area contributed by atoms with E-state index in [1.807, 2.05) is 0 Å². The predicted molar refractivity (Wildman–Crippen MR) is 79.2 cm³/mol. The van der Waals surface area contributed by atoms with E-state index in [9.17, 15) is 9.59 Å². The Kier molecular flexibility index (Phi) is 13.3. The van der Waals surface area contributed by atoms with Gasteiger partial charge in [0.1, 0.15) is 0 Å². The van der Waals surface area contributed by atoms with Gasteiger partial charge >= 0.3 is 69.2 Å². The van der Waals surface area contributed by atoms with Gasteiger partial charge in [-0.2, -0.15) is 9.79 Å². The third kappa shape index (κ3) is 7.85. The maximum atomic E-state index is 10.4. The van der Waals surface area contributed by atoms with Crippen LogP contribution in [0.25, 0.3) is 0 Å². The van der Waals surface area contributed by atoms with Gasteiger partial charge in [0.15, 0.2) is 0 Å². The Balaban J connectivity index is -0.000000308. The van der Waals surface area contributed by atoms with Crippen molar-refractivity contribution in [1.29, 1.82) is 0 Å². The molecule has 0 aliphatic heterocycles. The van der Waals surface area contributed by atoms with E-state index in [0.717, 1.165) is 0 Å². The van der Waals surface area contributed by atoms with Crippen LogP contribution in [0.15, 0.2) is 58.3 Å². The smallest absolute Gasteiger partial charge is 1.00 e. The van der Waals surface area contributed by atoms with Crippen molar-refractivity contribution in [2.45, 2.75) is 9.79 Å². The average molecular weight is 531 g/mol. The summed E-state index contributed by atoms with van der Waals surface area (Å²) in [6, 6.07) is 12.9. The van der Waals surface area contributed by atoms with Crippen molar-refractivity contribution >= 4 is 37.2 Å². The number of carboxylic acids is 2. The molecule has 2 aromatic rings.